The Morgan fingerprint density at radius 2 is 2.10 bits per heavy atom. The van der Waals surface area contributed by atoms with Crippen LogP contribution in [0.15, 0.2) is 52.6 Å². The van der Waals surface area contributed by atoms with Gasteiger partial charge in [0.25, 0.3) is 0 Å². The Morgan fingerprint density at radius 3 is 2.84 bits per heavy atom. The normalized spacial score (nSPS) is 20.8. The molecule has 0 saturated carbocycles. The maximum atomic E-state index is 12.4. The zero-order chi connectivity index (χ0) is 22.2. The van der Waals surface area contributed by atoms with Gasteiger partial charge in [-0.25, -0.2) is 18.4 Å². The molecule has 2 aromatic rings. The minimum absolute atomic E-state index is 0.0262. The third kappa shape index (κ3) is 4.08. The summed E-state index contributed by atoms with van der Waals surface area (Å²) in [5.74, 6) is 0.929. The first-order valence-corrected chi connectivity index (χ1v) is 11.7. The summed E-state index contributed by atoms with van der Waals surface area (Å²) in [6, 6.07) is 8.58. The molecule has 1 aromatic carbocycles. The van der Waals surface area contributed by atoms with Crippen LogP contribution in [0.3, 0.4) is 0 Å². The van der Waals surface area contributed by atoms with Crippen LogP contribution in [0.4, 0.5) is 5.82 Å². The number of ether oxygens (including phenoxy) is 1. The van der Waals surface area contributed by atoms with Crippen molar-refractivity contribution in [3.63, 3.8) is 0 Å². The Balaban J connectivity index is 1.78. The number of nitrogens with zero attached hydrogens (tertiary/aromatic N) is 2. The summed E-state index contributed by atoms with van der Waals surface area (Å²) in [6.07, 6.45) is 2.44. The van der Waals surface area contributed by atoms with Crippen molar-refractivity contribution in [2.24, 2.45) is 4.99 Å². The van der Waals surface area contributed by atoms with Crippen LogP contribution >= 0.6 is 0 Å². The SMILES string of the molecule is CCS(=O)(=O)c1cccc(C2=CN=C(OC[C@@H](O)CO)C3Nc4ncc(C)cc4C23)c1. The second-order valence-electron chi connectivity index (χ2n) is 7.68. The highest BCUT2D eigenvalue weighted by molar-refractivity contribution is 7.91. The fraction of sp³-hybridized carbons (Fsp3) is 0.364. The third-order valence-corrected chi connectivity index (χ3v) is 7.22. The topological polar surface area (TPSA) is 121 Å². The first-order chi connectivity index (χ1) is 14.8. The predicted molar refractivity (Wildman–Crippen MR) is 118 cm³/mol. The average Bonchev–Trinajstić information content (AvgIpc) is 3.16. The minimum Gasteiger partial charge on any atom is -0.476 e. The van der Waals surface area contributed by atoms with E-state index in [2.05, 4.69) is 15.3 Å². The molecule has 0 saturated heterocycles. The lowest BCUT2D eigenvalue weighted by molar-refractivity contribution is 0.0482. The first kappa shape index (κ1) is 21.5. The predicted octanol–water partition coefficient (Wildman–Crippen LogP) is 1.88. The van der Waals surface area contributed by atoms with Crippen molar-refractivity contribution < 1.29 is 23.4 Å². The van der Waals surface area contributed by atoms with Gasteiger partial charge in [-0.05, 0) is 35.8 Å². The number of rotatable bonds is 6. The highest BCUT2D eigenvalue weighted by atomic mass is 32.2. The van der Waals surface area contributed by atoms with Gasteiger partial charge in [0.05, 0.1) is 17.3 Å². The van der Waals surface area contributed by atoms with Crippen LogP contribution in [0.2, 0.25) is 0 Å². The van der Waals surface area contributed by atoms with Crippen LogP contribution in [-0.4, -0.2) is 60.6 Å². The molecule has 2 unspecified atom stereocenters. The quantitative estimate of drug-likeness (QED) is 0.623. The molecular weight excluding hydrogens is 418 g/mol. The lowest BCUT2D eigenvalue weighted by atomic mass is 9.83. The molecule has 8 nitrogen and oxygen atoms in total. The lowest BCUT2D eigenvalue weighted by Gasteiger charge is -2.28. The number of nitrogens with one attached hydrogen (secondary N) is 1. The number of aliphatic hydroxyl groups excluding tert-OH is 2. The number of fused-ring (bicyclic) bond motifs is 3. The molecular formula is C22H25N3O5S. The van der Waals surface area contributed by atoms with Crippen LogP contribution in [0.25, 0.3) is 5.57 Å². The molecule has 0 fully saturated rings. The molecule has 0 amide bonds. The summed E-state index contributed by atoms with van der Waals surface area (Å²) in [5.41, 5.74) is 3.59. The van der Waals surface area contributed by atoms with Crippen molar-refractivity contribution in [2.45, 2.75) is 36.8 Å². The molecule has 3 heterocycles. The summed E-state index contributed by atoms with van der Waals surface area (Å²) in [5, 5.41) is 22.1. The maximum absolute atomic E-state index is 12.4. The largest absolute Gasteiger partial charge is 0.476 e. The summed E-state index contributed by atoms with van der Waals surface area (Å²) >= 11 is 0. The van der Waals surface area contributed by atoms with E-state index >= 15 is 0 Å². The number of aryl methyl sites for hydroxylation is 1. The molecule has 2 aliphatic heterocycles. The second kappa shape index (κ2) is 8.41. The molecule has 2 aliphatic rings. The van der Waals surface area contributed by atoms with Crippen molar-refractivity contribution in [2.75, 3.05) is 24.3 Å². The Labute approximate surface area is 181 Å². The number of sulfone groups is 1. The molecule has 3 N–H and O–H groups in total. The minimum atomic E-state index is -3.35. The van der Waals surface area contributed by atoms with E-state index in [9.17, 15) is 13.5 Å². The second-order valence-corrected chi connectivity index (χ2v) is 9.96. The van der Waals surface area contributed by atoms with Crippen LogP contribution in [0.5, 0.6) is 0 Å². The molecule has 3 atom stereocenters. The van der Waals surface area contributed by atoms with E-state index in [-0.39, 0.29) is 29.2 Å². The van der Waals surface area contributed by atoms with Crippen LogP contribution in [0.1, 0.15) is 29.5 Å². The fourth-order valence-corrected chi connectivity index (χ4v) is 4.78. The molecule has 0 spiro atoms. The molecule has 31 heavy (non-hydrogen) atoms. The van der Waals surface area contributed by atoms with Crippen molar-refractivity contribution in [3.05, 3.63) is 59.4 Å². The van der Waals surface area contributed by atoms with Gasteiger partial charge in [0.2, 0.25) is 5.90 Å². The number of aliphatic hydroxyl groups is 2. The van der Waals surface area contributed by atoms with Gasteiger partial charge in [0.15, 0.2) is 9.84 Å². The lowest BCUT2D eigenvalue weighted by Crippen LogP contribution is -2.37. The molecule has 0 radical (unpaired) electrons. The van der Waals surface area contributed by atoms with Gasteiger partial charge in [-0.1, -0.05) is 25.1 Å². The van der Waals surface area contributed by atoms with Crippen molar-refractivity contribution in [1.29, 1.82) is 0 Å². The van der Waals surface area contributed by atoms with Gasteiger partial charge >= 0.3 is 0 Å². The van der Waals surface area contributed by atoms with E-state index in [1.807, 2.05) is 19.1 Å². The van der Waals surface area contributed by atoms with Gasteiger partial charge in [-0.2, -0.15) is 0 Å². The van der Waals surface area contributed by atoms with E-state index in [0.29, 0.717) is 11.7 Å². The van der Waals surface area contributed by atoms with Gasteiger partial charge in [-0.3, -0.25) is 0 Å². The number of hydrogen-bond acceptors (Lipinski definition) is 8. The first-order valence-electron chi connectivity index (χ1n) is 10.1. The van der Waals surface area contributed by atoms with Gasteiger partial charge in [0.1, 0.15) is 24.6 Å². The van der Waals surface area contributed by atoms with Crippen molar-refractivity contribution in [3.8, 4) is 0 Å². The highest BCUT2D eigenvalue weighted by Gasteiger charge is 2.42. The van der Waals surface area contributed by atoms with E-state index in [4.69, 9.17) is 9.84 Å². The summed E-state index contributed by atoms with van der Waals surface area (Å²) < 4.78 is 30.5. The van der Waals surface area contributed by atoms with E-state index in [0.717, 1.165) is 22.3 Å². The van der Waals surface area contributed by atoms with E-state index < -0.39 is 22.5 Å². The van der Waals surface area contributed by atoms with E-state index in [1.54, 1.807) is 37.5 Å². The summed E-state index contributed by atoms with van der Waals surface area (Å²) in [4.78, 5) is 9.22. The van der Waals surface area contributed by atoms with Crippen molar-refractivity contribution >= 4 is 27.1 Å². The maximum Gasteiger partial charge on any atom is 0.212 e. The number of aromatic nitrogens is 1. The Kier molecular flexibility index (Phi) is 5.83. The molecule has 9 heteroatoms. The number of pyridine rings is 1. The number of benzene rings is 1. The Morgan fingerprint density at radius 1 is 1.29 bits per heavy atom. The molecule has 0 aliphatic carbocycles. The highest BCUT2D eigenvalue weighted by Crippen LogP contribution is 2.46. The Bertz CT molecular complexity index is 1160. The zero-order valence-corrected chi connectivity index (χ0v) is 18.1. The van der Waals surface area contributed by atoms with Gasteiger partial charge < -0.3 is 20.3 Å². The van der Waals surface area contributed by atoms with Gasteiger partial charge in [0, 0.05) is 23.9 Å². The summed E-state index contributed by atoms with van der Waals surface area (Å²) in [7, 11) is -3.35. The number of anilines is 1. The average molecular weight is 444 g/mol. The third-order valence-electron chi connectivity index (χ3n) is 5.49. The molecule has 164 valence electrons. The van der Waals surface area contributed by atoms with Gasteiger partial charge in [-0.15, -0.1) is 0 Å². The standard InChI is InChI=1S/C22H25N3O5S/c1-3-31(28,29)16-6-4-5-14(8-16)18-10-24-22(30-12-15(27)11-26)20-19(18)17-7-13(2)9-23-21(17)25-20/h4-10,15,19-20,26-27H,3,11-12H2,1-2H3,(H,23,25)/t15-,19?,20?/m0/s1. The zero-order valence-electron chi connectivity index (χ0n) is 17.3. The van der Waals surface area contributed by atoms with Crippen LogP contribution in [0, 0.1) is 6.92 Å². The van der Waals surface area contributed by atoms with E-state index in [1.165, 1.54) is 0 Å². The number of hydrogen-bond donors (Lipinski definition) is 3. The van der Waals surface area contributed by atoms with Crippen LogP contribution in [-0.2, 0) is 14.6 Å². The monoisotopic (exact) mass is 443 g/mol. The Hall–Kier alpha value is -2.75. The molecule has 1 aromatic heterocycles. The summed E-state index contributed by atoms with van der Waals surface area (Å²) in [6.45, 7) is 3.09. The smallest absolute Gasteiger partial charge is 0.212 e. The number of aliphatic imine (C=N–C) groups is 1. The fourth-order valence-electron chi connectivity index (χ4n) is 3.86. The molecule has 0 bridgehead atoms. The van der Waals surface area contributed by atoms with Crippen LogP contribution < -0.4 is 5.32 Å². The molecule has 4 rings (SSSR count). The van der Waals surface area contributed by atoms with Crippen molar-refractivity contribution in [1.82, 2.24) is 4.98 Å².